The lowest BCUT2D eigenvalue weighted by atomic mass is 10.0. The molecule has 0 bridgehead atoms. The molecule has 5 heteroatoms. The highest BCUT2D eigenvalue weighted by Crippen LogP contribution is 2.15. The van der Waals surface area contributed by atoms with Crippen LogP contribution in [0.4, 0.5) is 0 Å². The van der Waals surface area contributed by atoms with E-state index >= 15 is 0 Å². The Kier molecular flexibility index (Phi) is 6.73. The molecule has 1 aromatic carbocycles. The molecule has 1 atom stereocenters. The minimum absolute atomic E-state index is 0.0562. The number of carbonyl (C=O) groups excluding carboxylic acids is 2. The molecular weight excluding hydrogens is 256 g/mol. The van der Waals surface area contributed by atoms with Gasteiger partial charge in [-0.3, -0.25) is 9.59 Å². The monoisotopic (exact) mass is 278 g/mol. The van der Waals surface area contributed by atoms with E-state index < -0.39 is 6.10 Å². The largest absolute Gasteiger partial charge is 0.387 e. The van der Waals surface area contributed by atoms with Crippen LogP contribution in [0.3, 0.4) is 0 Å². The van der Waals surface area contributed by atoms with Gasteiger partial charge in [-0.1, -0.05) is 31.2 Å². The molecule has 20 heavy (non-hydrogen) atoms. The van der Waals surface area contributed by atoms with E-state index in [-0.39, 0.29) is 24.9 Å². The third-order valence-corrected chi connectivity index (χ3v) is 2.96. The highest BCUT2D eigenvalue weighted by atomic mass is 16.3. The molecule has 110 valence electrons. The van der Waals surface area contributed by atoms with Crippen LogP contribution in [-0.4, -0.2) is 30.0 Å². The first kappa shape index (κ1) is 16.2. The van der Waals surface area contributed by atoms with Crippen molar-refractivity contribution in [2.24, 2.45) is 0 Å². The van der Waals surface area contributed by atoms with Crippen molar-refractivity contribution in [3.63, 3.8) is 0 Å². The fourth-order valence-corrected chi connectivity index (χ4v) is 1.84. The smallest absolute Gasteiger partial charge is 0.239 e. The molecule has 5 nitrogen and oxygen atoms in total. The molecule has 0 aliphatic carbocycles. The number of benzene rings is 1. The SMILES string of the molecule is CCCC(=O)NCC(=O)NCC(O)c1ccccc1C. The normalized spacial score (nSPS) is 11.8. The molecule has 1 unspecified atom stereocenters. The number of amides is 2. The van der Waals surface area contributed by atoms with E-state index in [0.717, 1.165) is 17.5 Å². The highest BCUT2D eigenvalue weighted by molar-refractivity contribution is 5.84. The number of carbonyl (C=O) groups is 2. The van der Waals surface area contributed by atoms with E-state index in [1.807, 2.05) is 38.1 Å². The average Bonchev–Trinajstić information content (AvgIpc) is 2.43. The van der Waals surface area contributed by atoms with E-state index in [1.54, 1.807) is 0 Å². The summed E-state index contributed by atoms with van der Waals surface area (Å²) in [6.07, 6.45) is 0.421. The Morgan fingerprint density at radius 1 is 1.20 bits per heavy atom. The van der Waals surface area contributed by atoms with Crippen molar-refractivity contribution in [3.8, 4) is 0 Å². The zero-order valence-electron chi connectivity index (χ0n) is 12.0. The molecule has 1 rings (SSSR count). The molecule has 0 aromatic heterocycles. The van der Waals surface area contributed by atoms with E-state index in [1.165, 1.54) is 0 Å². The first-order chi connectivity index (χ1) is 9.54. The van der Waals surface area contributed by atoms with Gasteiger partial charge in [-0.05, 0) is 24.5 Å². The average molecular weight is 278 g/mol. The second-order valence-corrected chi connectivity index (χ2v) is 4.70. The highest BCUT2D eigenvalue weighted by Gasteiger charge is 2.11. The summed E-state index contributed by atoms with van der Waals surface area (Å²) in [5.41, 5.74) is 1.77. The van der Waals surface area contributed by atoms with Crippen molar-refractivity contribution in [3.05, 3.63) is 35.4 Å². The summed E-state index contributed by atoms with van der Waals surface area (Å²) in [6.45, 7) is 3.89. The van der Waals surface area contributed by atoms with Crippen LogP contribution < -0.4 is 10.6 Å². The Hall–Kier alpha value is -1.88. The Bertz CT molecular complexity index is 460. The first-order valence-electron chi connectivity index (χ1n) is 6.81. The number of aliphatic hydroxyl groups is 1. The minimum atomic E-state index is -0.744. The molecule has 3 N–H and O–H groups in total. The number of hydrogen-bond donors (Lipinski definition) is 3. The van der Waals surface area contributed by atoms with Crippen molar-refractivity contribution in [2.45, 2.75) is 32.8 Å². The minimum Gasteiger partial charge on any atom is -0.387 e. The van der Waals surface area contributed by atoms with Gasteiger partial charge in [0.1, 0.15) is 0 Å². The third-order valence-electron chi connectivity index (χ3n) is 2.96. The molecule has 0 saturated carbocycles. The third kappa shape index (κ3) is 5.40. The predicted octanol–water partition coefficient (Wildman–Crippen LogP) is 1.06. The number of aliphatic hydroxyl groups excluding tert-OH is 1. The Labute approximate surface area is 119 Å². The number of hydrogen-bond acceptors (Lipinski definition) is 3. The fraction of sp³-hybridized carbons (Fsp3) is 0.467. The van der Waals surface area contributed by atoms with Gasteiger partial charge in [0, 0.05) is 13.0 Å². The van der Waals surface area contributed by atoms with Crippen molar-refractivity contribution in [1.82, 2.24) is 10.6 Å². The standard InChI is InChI=1S/C15H22N2O3/c1-3-6-14(19)17-10-15(20)16-9-13(18)12-8-5-4-7-11(12)2/h4-5,7-8,13,18H,3,6,9-10H2,1-2H3,(H,16,20)(H,17,19). The van der Waals surface area contributed by atoms with Gasteiger partial charge in [-0.15, -0.1) is 0 Å². The van der Waals surface area contributed by atoms with E-state index in [9.17, 15) is 14.7 Å². The maximum Gasteiger partial charge on any atom is 0.239 e. The van der Waals surface area contributed by atoms with Crippen LogP contribution in [0.1, 0.15) is 37.0 Å². The van der Waals surface area contributed by atoms with Crippen LogP contribution in [0.2, 0.25) is 0 Å². The molecule has 0 aliphatic rings. The molecular formula is C15H22N2O3. The van der Waals surface area contributed by atoms with E-state index in [4.69, 9.17) is 0 Å². The van der Waals surface area contributed by atoms with Gasteiger partial charge in [-0.25, -0.2) is 0 Å². The summed E-state index contributed by atoms with van der Waals surface area (Å²) in [5.74, 6) is -0.441. The van der Waals surface area contributed by atoms with Crippen LogP contribution in [0, 0.1) is 6.92 Å². The second-order valence-electron chi connectivity index (χ2n) is 4.70. The molecule has 2 amide bonds. The van der Waals surface area contributed by atoms with Gasteiger partial charge >= 0.3 is 0 Å². The molecule has 0 saturated heterocycles. The van der Waals surface area contributed by atoms with Crippen molar-refractivity contribution < 1.29 is 14.7 Å². The number of nitrogens with one attached hydrogen (secondary N) is 2. The molecule has 0 heterocycles. The van der Waals surface area contributed by atoms with Gasteiger partial charge < -0.3 is 15.7 Å². The van der Waals surface area contributed by atoms with E-state index in [0.29, 0.717) is 6.42 Å². The van der Waals surface area contributed by atoms with Crippen LogP contribution in [0.15, 0.2) is 24.3 Å². The van der Waals surface area contributed by atoms with Crippen LogP contribution in [0.25, 0.3) is 0 Å². The zero-order valence-corrected chi connectivity index (χ0v) is 12.0. The van der Waals surface area contributed by atoms with E-state index in [2.05, 4.69) is 10.6 Å². The number of aryl methyl sites for hydroxylation is 1. The van der Waals surface area contributed by atoms with Crippen LogP contribution >= 0.6 is 0 Å². The molecule has 1 aromatic rings. The maximum atomic E-state index is 11.5. The second kappa shape index (κ2) is 8.32. The Morgan fingerprint density at radius 2 is 1.90 bits per heavy atom. The van der Waals surface area contributed by atoms with Gasteiger partial charge in [0.2, 0.25) is 11.8 Å². The van der Waals surface area contributed by atoms with Gasteiger partial charge in [0.15, 0.2) is 0 Å². The summed E-state index contributed by atoms with van der Waals surface area (Å²) < 4.78 is 0. The van der Waals surface area contributed by atoms with Crippen molar-refractivity contribution in [2.75, 3.05) is 13.1 Å². The van der Waals surface area contributed by atoms with Gasteiger partial charge in [-0.2, -0.15) is 0 Å². The topological polar surface area (TPSA) is 78.4 Å². The quantitative estimate of drug-likeness (QED) is 0.698. The molecule has 0 radical (unpaired) electrons. The lowest BCUT2D eigenvalue weighted by Crippen LogP contribution is -2.38. The first-order valence-corrected chi connectivity index (χ1v) is 6.81. The maximum absolute atomic E-state index is 11.5. The Balaban J connectivity index is 2.34. The van der Waals surface area contributed by atoms with Crippen LogP contribution in [-0.2, 0) is 9.59 Å². The predicted molar refractivity (Wildman–Crippen MR) is 77.1 cm³/mol. The lowest BCUT2D eigenvalue weighted by Gasteiger charge is -2.14. The molecule has 0 spiro atoms. The van der Waals surface area contributed by atoms with Crippen molar-refractivity contribution in [1.29, 1.82) is 0 Å². The summed E-state index contributed by atoms with van der Waals surface area (Å²) in [7, 11) is 0. The Morgan fingerprint density at radius 3 is 2.55 bits per heavy atom. The summed E-state index contributed by atoms with van der Waals surface area (Å²) in [6, 6.07) is 7.48. The van der Waals surface area contributed by atoms with Crippen LogP contribution in [0.5, 0.6) is 0 Å². The lowest BCUT2D eigenvalue weighted by molar-refractivity contribution is -0.126. The fourth-order valence-electron chi connectivity index (χ4n) is 1.84. The summed E-state index contributed by atoms with van der Waals surface area (Å²) in [5, 5.41) is 15.1. The number of rotatable bonds is 7. The summed E-state index contributed by atoms with van der Waals surface area (Å²) in [4.78, 5) is 22.7. The molecule has 0 aliphatic heterocycles. The van der Waals surface area contributed by atoms with Gasteiger partial charge in [0.25, 0.3) is 0 Å². The zero-order chi connectivity index (χ0) is 15.0. The van der Waals surface area contributed by atoms with Gasteiger partial charge in [0.05, 0.1) is 12.6 Å². The van der Waals surface area contributed by atoms with Crippen molar-refractivity contribution >= 4 is 11.8 Å². The molecule has 0 fully saturated rings. The summed E-state index contributed by atoms with van der Waals surface area (Å²) >= 11 is 0.